The molecule has 1 aliphatic carbocycles. The molecule has 2 rings (SSSR count). The van der Waals surface area contributed by atoms with Crippen molar-refractivity contribution in [2.45, 2.75) is 58.4 Å². The van der Waals surface area contributed by atoms with E-state index in [1.807, 2.05) is 18.7 Å². The first-order valence-electron chi connectivity index (χ1n) is 10.6. The molecule has 1 amide bonds. The smallest absolute Gasteiger partial charge is 0.225 e. The molecule has 2 aliphatic rings. The second-order valence-electron chi connectivity index (χ2n) is 7.76. The summed E-state index contributed by atoms with van der Waals surface area (Å²) in [5, 5.41) is 6.68. The first-order chi connectivity index (χ1) is 13.3. The quantitative estimate of drug-likeness (QED) is 0.333. The van der Waals surface area contributed by atoms with Crippen LogP contribution in [0.1, 0.15) is 52.4 Å². The highest BCUT2D eigenvalue weighted by Crippen LogP contribution is 2.27. The van der Waals surface area contributed by atoms with Gasteiger partial charge in [-0.1, -0.05) is 19.8 Å². The van der Waals surface area contributed by atoms with E-state index in [0.717, 1.165) is 44.9 Å². The zero-order valence-corrected chi connectivity index (χ0v) is 18.4. The highest BCUT2D eigenvalue weighted by molar-refractivity contribution is 7.88. The van der Waals surface area contributed by atoms with Crippen LogP contribution in [0.2, 0.25) is 0 Å². The van der Waals surface area contributed by atoms with Gasteiger partial charge in [0.2, 0.25) is 15.9 Å². The molecule has 8 nitrogen and oxygen atoms in total. The summed E-state index contributed by atoms with van der Waals surface area (Å²) < 4.78 is 24.7. The van der Waals surface area contributed by atoms with Crippen molar-refractivity contribution < 1.29 is 13.2 Å². The molecule has 0 radical (unpaired) electrons. The van der Waals surface area contributed by atoms with E-state index in [-0.39, 0.29) is 12.0 Å². The minimum Gasteiger partial charge on any atom is -0.357 e. The molecular formula is C19H37N5O3S. The van der Waals surface area contributed by atoms with Crippen molar-refractivity contribution in [1.29, 1.82) is 0 Å². The second-order valence-corrected chi connectivity index (χ2v) is 9.75. The monoisotopic (exact) mass is 415 g/mol. The van der Waals surface area contributed by atoms with E-state index in [1.54, 1.807) is 0 Å². The molecule has 0 aromatic rings. The predicted molar refractivity (Wildman–Crippen MR) is 113 cm³/mol. The predicted octanol–water partition coefficient (Wildman–Crippen LogP) is 1.00. The van der Waals surface area contributed by atoms with Crippen LogP contribution in [0.15, 0.2) is 4.99 Å². The Balaban J connectivity index is 1.80. The Morgan fingerprint density at radius 1 is 1.21 bits per heavy atom. The van der Waals surface area contributed by atoms with E-state index >= 15 is 0 Å². The molecule has 0 aromatic heterocycles. The highest BCUT2D eigenvalue weighted by atomic mass is 32.2. The molecule has 0 bridgehead atoms. The number of hydrogen-bond acceptors (Lipinski definition) is 4. The van der Waals surface area contributed by atoms with Crippen molar-refractivity contribution in [2.75, 3.05) is 45.5 Å². The molecule has 9 heteroatoms. The lowest BCUT2D eigenvalue weighted by Crippen LogP contribution is -2.45. The number of rotatable bonds is 9. The third kappa shape index (κ3) is 6.92. The molecule has 0 aromatic carbocycles. The van der Waals surface area contributed by atoms with Crippen LogP contribution in [0, 0.1) is 5.92 Å². The Morgan fingerprint density at radius 2 is 1.93 bits per heavy atom. The Morgan fingerprint density at radius 3 is 2.54 bits per heavy atom. The van der Waals surface area contributed by atoms with Crippen LogP contribution in [-0.2, 0) is 14.8 Å². The topological polar surface area (TPSA) is 94.1 Å². The fraction of sp³-hybridized carbons (Fsp3) is 0.895. The Hall–Kier alpha value is -1.35. The van der Waals surface area contributed by atoms with Crippen LogP contribution in [0.5, 0.6) is 0 Å². The lowest BCUT2D eigenvalue weighted by Gasteiger charge is -2.21. The van der Waals surface area contributed by atoms with Crippen molar-refractivity contribution in [3.05, 3.63) is 0 Å². The number of sulfonamides is 1. The standard InChI is InChI=1S/C19H37N5O3S/c1-4-20-19(21-12-8-13-24(5-2)28(3,26)27)22-17-11-14-23(15-17)18(25)16-9-6-7-10-16/h16-17H,4-15H2,1-3H3,(H2,20,21,22). The molecule has 1 saturated carbocycles. The third-order valence-corrected chi connectivity index (χ3v) is 6.93. The zero-order valence-electron chi connectivity index (χ0n) is 17.6. The van der Waals surface area contributed by atoms with Crippen LogP contribution in [-0.4, -0.2) is 81.1 Å². The third-order valence-electron chi connectivity index (χ3n) is 5.55. The molecule has 1 atom stereocenters. The summed E-state index contributed by atoms with van der Waals surface area (Å²) in [7, 11) is -3.15. The van der Waals surface area contributed by atoms with Crippen LogP contribution in [0.25, 0.3) is 0 Å². The number of likely N-dealkylation sites (tertiary alicyclic amines) is 1. The van der Waals surface area contributed by atoms with Gasteiger partial charge in [-0.05, 0) is 32.6 Å². The van der Waals surface area contributed by atoms with E-state index in [0.29, 0.717) is 32.0 Å². The maximum Gasteiger partial charge on any atom is 0.225 e. The van der Waals surface area contributed by atoms with Crippen molar-refractivity contribution in [3.63, 3.8) is 0 Å². The summed E-state index contributed by atoms with van der Waals surface area (Å²) in [5.74, 6) is 1.30. The zero-order chi connectivity index (χ0) is 20.6. The molecule has 2 N–H and O–H groups in total. The van der Waals surface area contributed by atoms with Crippen molar-refractivity contribution in [1.82, 2.24) is 19.8 Å². The van der Waals surface area contributed by atoms with Gasteiger partial charge in [-0.3, -0.25) is 9.79 Å². The second kappa shape index (κ2) is 11.0. The van der Waals surface area contributed by atoms with E-state index in [4.69, 9.17) is 0 Å². The molecule has 1 unspecified atom stereocenters. The number of carbonyl (C=O) groups is 1. The number of nitrogens with zero attached hydrogens (tertiary/aromatic N) is 3. The fourth-order valence-corrected chi connectivity index (χ4v) is 4.95. The lowest BCUT2D eigenvalue weighted by molar-refractivity contribution is -0.134. The largest absolute Gasteiger partial charge is 0.357 e. The van der Waals surface area contributed by atoms with Gasteiger partial charge in [0.05, 0.1) is 6.26 Å². The summed E-state index contributed by atoms with van der Waals surface area (Å²) in [4.78, 5) is 19.2. The van der Waals surface area contributed by atoms with Crippen molar-refractivity contribution in [2.24, 2.45) is 10.9 Å². The number of guanidine groups is 1. The van der Waals surface area contributed by atoms with Crippen LogP contribution < -0.4 is 10.6 Å². The Kier molecular flexibility index (Phi) is 9.01. The van der Waals surface area contributed by atoms with Gasteiger partial charge in [0.1, 0.15) is 0 Å². The van der Waals surface area contributed by atoms with Gasteiger partial charge in [0, 0.05) is 51.2 Å². The van der Waals surface area contributed by atoms with E-state index < -0.39 is 10.0 Å². The minimum atomic E-state index is -3.15. The number of nitrogens with one attached hydrogen (secondary N) is 2. The lowest BCUT2D eigenvalue weighted by atomic mass is 10.1. The molecule has 1 aliphatic heterocycles. The van der Waals surface area contributed by atoms with Gasteiger partial charge in [0.15, 0.2) is 5.96 Å². The molecule has 2 fully saturated rings. The first-order valence-corrected chi connectivity index (χ1v) is 12.5. The highest BCUT2D eigenvalue weighted by Gasteiger charge is 2.32. The molecule has 1 saturated heterocycles. The normalized spacial score (nSPS) is 21.5. The number of hydrogen-bond donors (Lipinski definition) is 2. The van der Waals surface area contributed by atoms with Crippen LogP contribution in [0.3, 0.4) is 0 Å². The molecule has 1 heterocycles. The van der Waals surface area contributed by atoms with Crippen molar-refractivity contribution in [3.8, 4) is 0 Å². The fourth-order valence-electron chi connectivity index (χ4n) is 4.02. The van der Waals surface area contributed by atoms with Crippen LogP contribution >= 0.6 is 0 Å². The molecule has 162 valence electrons. The summed E-state index contributed by atoms with van der Waals surface area (Å²) in [6.45, 7) is 7.67. The summed E-state index contributed by atoms with van der Waals surface area (Å²) in [6, 6.07) is 0.214. The molecule has 28 heavy (non-hydrogen) atoms. The number of amides is 1. The van der Waals surface area contributed by atoms with Gasteiger partial charge in [-0.15, -0.1) is 0 Å². The Labute approximate surface area is 170 Å². The van der Waals surface area contributed by atoms with E-state index in [2.05, 4.69) is 15.6 Å². The summed E-state index contributed by atoms with van der Waals surface area (Å²) in [5.41, 5.74) is 0. The average Bonchev–Trinajstić information content (AvgIpc) is 3.32. The van der Waals surface area contributed by atoms with Crippen LogP contribution in [0.4, 0.5) is 0 Å². The average molecular weight is 416 g/mol. The van der Waals surface area contributed by atoms with Gasteiger partial charge >= 0.3 is 0 Å². The molecule has 0 spiro atoms. The van der Waals surface area contributed by atoms with Gasteiger partial charge < -0.3 is 15.5 Å². The van der Waals surface area contributed by atoms with E-state index in [9.17, 15) is 13.2 Å². The first kappa shape index (κ1) is 22.9. The maximum atomic E-state index is 12.6. The maximum absolute atomic E-state index is 12.6. The number of carbonyl (C=O) groups excluding carboxylic acids is 1. The Bertz CT molecular complexity index is 631. The minimum absolute atomic E-state index is 0.214. The van der Waals surface area contributed by atoms with Gasteiger partial charge in [-0.2, -0.15) is 0 Å². The SMILES string of the molecule is CCNC(=NCCCN(CC)S(C)(=O)=O)NC1CCN(C(=O)C2CCCC2)C1. The molecular weight excluding hydrogens is 378 g/mol. The van der Waals surface area contributed by atoms with E-state index in [1.165, 1.54) is 23.4 Å². The summed E-state index contributed by atoms with van der Waals surface area (Å²) >= 11 is 0. The summed E-state index contributed by atoms with van der Waals surface area (Å²) in [6.07, 6.45) is 7.29. The van der Waals surface area contributed by atoms with Crippen molar-refractivity contribution >= 4 is 21.9 Å². The number of aliphatic imine (C=N–C) groups is 1. The van der Waals surface area contributed by atoms with Gasteiger partial charge in [-0.25, -0.2) is 12.7 Å². The van der Waals surface area contributed by atoms with Gasteiger partial charge in [0.25, 0.3) is 0 Å².